The molecule has 0 bridgehead atoms. The number of hydrogen-bond acceptors (Lipinski definition) is 5. The van der Waals surface area contributed by atoms with Crippen LogP contribution in [0.2, 0.25) is 0 Å². The lowest BCUT2D eigenvalue weighted by Crippen LogP contribution is -2.40. The lowest BCUT2D eigenvalue weighted by molar-refractivity contribution is 0.246. The third-order valence-corrected chi connectivity index (χ3v) is 8.15. The van der Waals surface area contributed by atoms with Gasteiger partial charge in [-0.1, -0.05) is 36.4 Å². The van der Waals surface area contributed by atoms with Crippen LogP contribution in [0.15, 0.2) is 59.0 Å². The molecule has 1 aromatic heterocycles. The van der Waals surface area contributed by atoms with Crippen molar-refractivity contribution in [2.45, 2.75) is 30.9 Å². The molecule has 3 aromatic rings. The number of aromatic nitrogens is 2. The molecule has 1 saturated carbocycles. The van der Waals surface area contributed by atoms with E-state index >= 15 is 0 Å². The molecule has 2 heterocycles. The molecule has 8 heteroatoms. The molecule has 2 fully saturated rings. The quantitative estimate of drug-likeness (QED) is 0.616. The van der Waals surface area contributed by atoms with Gasteiger partial charge in [-0.2, -0.15) is 0 Å². The van der Waals surface area contributed by atoms with Gasteiger partial charge in [0, 0.05) is 24.6 Å². The Bertz CT molecular complexity index is 1160. The van der Waals surface area contributed by atoms with Gasteiger partial charge in [0.15, 0.2) is 0 Å². The lowest BCUT2D eigenvalue weighted by Gasteiger charge is -2.31. The largest absolute Gasteiger partial charge is 0.420 e. The fourth-order valence-corrected chi connectivity index (χ4v) is 5.98. The van der Waals surface area contributed by atoms with Crippen molar-refractivity contribution >= 4 is 10.0 Å². The van der Waals surface area contributed by atoms with E-state index in [2.05, 4.69) is 10.2 Å². The van der Waals surface area contributed by atoms with E-state index in [0.717, 1.165) is 24.8 Å². The molecule has 30 heavy (non-hydrogen) atoms. The highest BCUT2D eigenvalue weighted by molar-refractivity contribution is 7.88. The number of piperidine rings is 1. The van der Waals surface area contributed by atoms with Crippen LogP contribution in [0.1, 0.15) is 36.6 Å². The van der Waals surface area contributed by atoms with Crippen LogP contribution in [-0.2, 0) is 15.8 Å². The maximum atomic E-state index is 13.4. The number of nitrogens with zero attached hydrogens (tertiary/aromatic N) is 3. The van der Waals surface area contributed by atoms with Gasteiger partial charge in [0.25, 0.3) is 0 Å². The van der Waals surface area contributed by atoms with Crippen LogP contribution in [0.4, 0.5) is 4.39 Å². The van der Waals surface area contributed by atoms with Crippen molar-refractivity contribution in [1.29, 1.82) is 0 Å². The minimum absolute atomic E-state index is 0.0323. The number of benzene rings is 2. The molecule has 5 rings (SSSR count). The highest BCUT2D eigenvalue weighted by Crippen LogP contribution is 2.64. The summed E-state index contributed by atoms with van der Waals surface area (Å²) in [5, 5.41) is 8.26. The third kappa shape index (κ3) is 3.65. The van der Waals surface area contributed by atoms with Crippen molar-refractivity contribution < 1.29 is 17.2 Å². The van der Waals surface area contributed by atoms with Crippen LogP contribution in [0.3, 0.4) is 0 Å². The third-order valence-electron chi connectivity index (χ3n) is 6.30. The van der Waals surface area contributed by atoms with Gasteiger partial charge >= 0.3 is 0 Å². The Balaban J connectivity index is 1.24. The summed E-state index contributed by atoms with van der Waals surface area (Å²) in [6, 6.07) is 15.4. The predicted molar refractivity (Wildman–Crippen MR) is 109 cm³/mol. The second kappa shape index (κ2) is 7.28. The summed E-state index contributed by atoms with van der Waals surface area (Å²) in [5.74, 6) is 0.708. The Kier molecular flexibility index (Phi) is 4.71. The molecule has 0 radical (unpaired) electrons. The Morgan fingerprint density at radius 3 is 2.57 bits per heavy atom. The van der Waals surface area contributed by atoms with Gasteiger partial charge in [0.05, 0.1) is 5.75 Å². The number of hydrogen-bond donors (Lipinski definition) is 0. The SMILES string of the molecule is O=S(=O)(Cc1ccccc1)N1CCC2(CC1)C[C@H]2c1nnc(-c2cccc(F)c2)o1. The molecule has 1 spiro atoms. The van der Waals surface area contributed by atoms with Gasteiger partial charge in [-0.3, -0.25) is 0 Å². The first-order valence-corrected chi connectivity index (χ1v) is 11.7. The summed E-state index contributed by atoms with van der Waals surface area (Å²) in [6.45, 7) is 1.02. The zero-order valence-corrected chi connectivity index (χ0v) is 17.2. The number of sulfonamides is 1. The zero-order chi connectivity index (χ0) is 20.8. The van der Waals surface area contributed by atoms with Gasteiger partial charge in [0.2, 0.25) is 21.8 Å². The number of rotatable bonds is 5. The summed E-state index contributed by atoms with van der Waals surface area (Å²) in [6.07, 6.45) is 2.48. The normalized spacial score (nSPS) is 21.0. The Morgan fingerprint density at radius 1 is 1.07 bits per heavy atom. The maximum absolute atomic E-state index is 13.4. The van der Waals surface area contributed by atoms with Gasteiger partial charge in [0.1, 0.15) is 5.82 Å². The van der Waals surface area contributed by atoms with Crippen LogP contribution in [0.5, 0.6) is 0 Å². The molecule has 2 aliphatic rings. The summed E-state index contributed by atoms with van der Waals surface area (Å²) in [4.78, 5) is 0. The van der Waals surface area contributed by atoms with E-state index in [1.807, 2.05) is 30.3 Å². The van der Waals surface area contributed by atoms with Crippen molar-refractivity contribution in [3.8, 4) is 11.5 Å². The van der Waals surface area contributed by atoms with Gasteiger partial charge < -0.3 is 4.42 Å². The average molecular weight is 428 g/mol. The molecule has 6 nitrogen and oxygen atoms in total. The average Bonchev–Trinajstić information content (AvgIpc) is 3.20. The predicted octanol–water partition coefficient (Wildman–Crippen LogP) is 3.98. The minimum Gasteiger partial charge on any atom is -0.420 e. The highest BCUT2D eigenvalue weighted by atomic mass is 32.2. The van der Waals surface area contributed by atoms with E-state index < -0.39 is 10.0 Å². The van der Waals surface area contributed by atoms with Crippen molar-refractivity contribution in [2.24, 2.45) is 5.41 Å². The molecule has 1 aliphatic carbocycles. The Morgan fingerprint density at radius 2 is 1.83 bits per heavy atom. The standard InChI is InChI=1S/C22H22FN3O3S/c23-18-8-4-7-17(13-18)20-24-25-21(29-20)19-14-22(19)9-11-26(12-10-22)30(27,28)15-16-5-2-1-3-6-16/h1-8,13,19H,9-12,14-15H2/t19-/m0/s1. The molecule has 1 aliphatic heterocycles. The first-order chi connectivity index (χ1) is 14.5. The summed E-state index contributed by atoms with van der Waals surface area (Å²) in [7, 11) is -3.33. The fourth-order valence-electron chi connectivity index (χ4n) is 4.45. The molecule has 0 unspecified atom stereocenters. The van der Waals surface area contributed by atoms with E-state index in [1.165, 1.54) is 12.1 Å². The molecule has 1 saturated heterocycles. The van der Waals surface area contributed by atoms with Crippen molar-refractivity contribution in [2.75, 3.05) is 13.1 Å². The molecular weight excluding hydrogens is 405 g/mol. The summed E-state index contributed by atoms with van der Waals surface area (Å²) >= 11 is 0. The smallest absolute Gasteiger partial charge is 0.247 e. The molecule has 0 N–H and O–H groups in total. The van der Waals surface area contributed by atoms with Crippen LogP contribution in [0.25, 0.3) is 11.5 Å². The zero-order valence-electron chi connectivity index (χ0n) is 16.4. The van der Waals surface area contributed by atoms with Crippen LogP contribution >= 0.6 is 0 Å². The lowest BCUT2D eigenvalue weighted by atomic mass is 9.92. The van der Waals surface area contributed by atoms with E-state index in [1.54, 1.807) is 16.4 Å². The second-order valence-corrected chi connectivity index (χ2v) is 10.2. The van der Waals surface area contributed by atoms with Crippen molar-refractivity contribution in [3.05, 3.63) is 71.9 Å². The van der Waals surface area contributed by atoms with E-state index in [4.69, 9.17) is 4.42 Å². The molecular formula is C22H22FN3O3S. The second-order valence-electron chi connectivity index (χ2n) is 8.22. The minimum atomic E-state index is -3.33. The van der Waals surface area contributed by atoms with Crippen LogP contribution in [-0.4, -0.2) is 36.0 Å². The van der Waals surface area contributed by atoms with Crippen molar-refractivity contribution in [3.63, 3.8) is 0 Å². The van der Waals surface area contributed by atoms with E-state index in [9.17, 15) is 12.8 Å². The highest BCUT2D eigenvalue weighted by Gasteiger charge is 2.58. The molecule has 1 atom stereocenters. The first-order valence-electron chi connectivity index (χ1n) is 10.1. The van der Waals surface area contributed by atoms with E-state index in [-0.39, 0.29) is 22.9 Å². The van der Waals surface area contributed by atoms with Gasteiger partial charge in [-0.25, -0.2) is 17.1 Å². The fraction of sp³-hybridized carbons (Fsp3) is 0.364. The van der Waals surface area contributed by atoms with Crippen LogP contribution in [0, 0.1) is 11.2 Å². The van der Waals surface area contributed by atoms with Crippen molar-refractivity contribution in [1.82, 2.24) is 14.5 Å². The van der Waals surface area contributed by atoms with Crippen LogP contribution < -0.4 is 0 Å². The monoisotopic (exact) mass is 427 g/mol. The summed E-state index contributed by atoms with van der Waals surface area (Å²) in [5.41, 5.74) is 1.40. The Hall–Kier alpha value is -2.58. The summed E-state index contributed by atoms with van der Waals surface area (Å²) < 4.78 is 46.4. The number of halogens is 1. The van der Waals surface area contributed by atoms with Gasteiger partial charge in [-0.15, -0.1) is 10.2 Å². The first kappa shape index (κ1) is 19.4. The maximum Gasteiger partial charge on any atom is 0.247 e. The topological polar surface area (TPSA) is 76.3 Å². The molecule has 2 aromatic carbocycles. The molecule has 156 valence electrons. The Labute approximate surface area is 174 Å². The molecule has 0 amide bonds. The van der Waals surface area contributed by atoms with E-state index in [0.29, 0.717) is 30.4 Å². The van der Waals surface area contributed by atoms with Gasteiger partial charge in [-0.05, 0) is 48.4 Å².